The molecule has 2 heterocycles. The molecule has 1 aliphatic rings. The second kappa shape index (κ2) is 5.16. The van der Waals surface area contributed by atoms with E-state index in [1.165, 1.54) is 0 Å². The van der Waals surface area contributed by atoms with Crippen LogP contribution in [0.4, 0.5) is 5.82 Å². The van der Waals surface area contributed by atoms with E-state index in [1.807, 2.05) is 35.2 Å². The van der Waals surface area contributed by atoms with Crippen LogP contribution in [0.5, 0.6) is 0 Å². The van der Waals surface area contributed by atoms with Crippen LogP contribution in [-0.4, -0.2) is 34.1 Å². The van der Waals surface area contributed by atoms with Crippen molar-refractivity contribution in [2.45, 2.75) is 13.3 Å². The van der Waals surface area contributed by atoms with Gasteiger partial charge in [-0.25, -0.2) is 4.98 Å². The summed E-state index contributed by atoms with van der Waals surface area (Å²) >= 11 is 0. The molecule has 2 aromatic rings. The first-order valence-corrected chi connectivity index (χ1v) is 6.94. The van der Waals surface area contributed by atoms with Crippen LogP contribution in [0.25, 0.3) is 11.3 Å². The highest BCUT2D eigenvalue weighted by atomic mass is 16.4. The molecular formula is C16H17N3O2. The van der Waals surface area contributed by atoms with Crippen LogP contribution in [0.2, 0.25) is 0 Å². The zero-order valence-electron chi connectivity index (χ0n) is 11.9. The van der Waals surface area contributed by atoms with Gasteiger partial charge in [-0.05, 0) is 13.3 Å². The number of hydrogen-bond acceptors (Lipinski definition) is 4. The summed E-state index contributed by atoms with van der Waals surface area (Å²) in [4.78, 5) is 22.1. The Balaban J connectivity index is 1.78. The van der Waals surface area contributed by atoms with E-state index in [9.17, 15) is 9.90 Å². The lowest BCUT2D eigenvalue weighted by Gasteiger charge is -2.20. The predicted molar refractivity (Wildman–Crippen MR) is 80.0 cm³/mol. The number of nitrogens with zero attached hydrogens (tertiary/aromatic N) is 3. The first kappa shape index (κ1) is 13.5. The van der Waals surface area contributed by atoms with Crippen molar-refractivity contribution in [1.29, 1.82) is 0 Å². The molecule has 1 unspecified atom stereocenters. The first-order valence-electron chi connectivity index (χ1n) is 6.94. The summed E-state index contributed by atoms with van der Waals surface area (Å²) in [6, 6.07) is 9.86. The monoisotopic (exact) mass is 283 g/mol. The van der Waals surface area contributed by atoms with Crippen molar-refractivity contribution in [3.05, 3.63) is 42.7 Å². The quantitative estimate of drug-likeness (QED) is 0.937. The summed E-state index contributed by atoms with van der Waals surface area (Å²) in [5.41, 5.74) is 1.15. The van der Waals surface area contributed by atoms with Crippen molar-refractivity contribution in [1.82, 2.24) is 9.97 Å². The second-order valence-electron chi connectivity index (χ2n) is 5.66. The molecule has 1 aromatic carbocycles. The fraction of sp³-hybridized carbons (Fsp3) is 0.312. The van der Waals surface area contributed by atoms with Gasteiger partial charge >= 0.3 is 5.97 Å². The van der Waals surface area contributed by atoms with Crippen molar-refractivity contribution < 1.29 is 9.90 Å². The van der Waals surface area contributed by atoms with Gasteiger partial charge in [0, 0.05) is 18.7 Å². The van der Waals surface area contributed by atoms with Gasteiger partial charge in [0.15, 0.2) is 0 Å². The fourth-order valence-electron chi connectivity index (χ4n) is 2.57. The Bertz CT molecular complexity index is 642. The van der Waals surface area contributed by atoms with Crippen LogP contribution in [0.1, 0.15) is 13.3 Å². The number of aromatic nitrogens is 2. The Labute approximate surface area is 123 Å². The van der Waals surface area contributed by atoms with Crippen molar-refractivity contribution in [2.24, 2.45) is 5.41 Å². The maximum atomic E-state index is 11.3. The van der Waals surface area contributed by atoms with Gasteiger partial charge < -0.3 is 10.0 Å². The van der Waals surface area contributed by atoms with E-state index in [4.69, 9.17) is 0 Å². The molecule has 1 aliphatic heterocycles. The SMILES string of the molecule is CC1(C(=O)O)CCN(c2cnc(-c3ccccc3)cn2)C1. The molecular weight excluding hydrogens is 266 g/mol. The van der Waals surface area contributed by atoms with Crippen molar-refractivity contribution >= 4 is 11.8 Å². The lowest BCUT2D eigenvalue weighted by atomic mass is 9.90. The molecule has 1 saturated heterocycles. The first-order chi connectivity index (χ1) is 10.1. The van der Waals surface area contributed by atoms with Gasteiger partial charge in [0.25, 0.3) is 0 Å². The molecule has 108 valence electrons. The van der Waals surface area contributed by atoms with E-state index < -0.39 is 11.4 Å². The molecule has 0 amide bonds. The molecule has 21 heavy (non-hydrogen) atoms. The Hall–Kier alpha value is -2.43. The van der Waals surface area contributed by atoms with Gasteiger partial charge in [-0.3, -0.25) is 9.78 Å². The molecule has 5 nitrogen and oxygen atoms in total. The van der Waals surface area contributed by atoms with Crippen molar-refractivity contribution in [3.8, 4) is 11.3 Å². The molecule has 0 radical (unpaired) electrons. The van der Waals surface area contributed by atoms with Gasteiger partial charge in [-0.1, -0.05) is 30.3 Å². The number of rotatable bonds is 3. The maximum absolute atomic E-state index is 11.3. The smallest absolute Gasteiger partial charge is 0.311 e. The van der Waals surface area contributed by atoms with Gasteiger partial charge in [0.1, 0.15) is 5.82 Å². The van der Waals surface area contributed by atoms with E-state index in [2.05, 4.69) is 9.97 Å². The van der Waals surface area contributed by atoms with Crippen LogP contribution < -0.4 is 4.90 Å². The third-order valence-electron chi connectivity index (χ3n) is 4.02. The molecule has 0 spiro atoms. The Kier molecular flexibility index (Phi) is 3.33. The summed E-state index contributed by atoms with van der Waals surface area (Å²) in [7, 11) is 0. The van der Waals surface area contributed by atoms with E-state index in [0.717, 1.165) is 17.1 Å². The average Bonchev–Trinajstić information content (AvgIpc) is 2.92. The molecule has 0 bridgehead atoms. The summed E-state index contributed by atoms with van der Waals surface area (Å²) in [6.07, 6.45) is 4.08. The van der Waals surface area contributed by atoms with Gasteiger partial charge in [-0.15, -0.1) is 0 Å². The fourth-order valence-corrected chi connectivity index (χ4v) is 2.57. The van der Waals surface area contributed by atoms with E-state index in [1.54, 1.807) is 19.3 Å². The number of carbonyl (C=O) groups is 1. The number of carboxylic acids is 1. The molecule has 1 atom stereocenters. The van der Waals surface area contributed by atoms with Gasteiger partial charge in [-0.2, -0.15) is 0 Å². The van der Waals surface area contributed by atoms with Crippen molar-refractivity contribution in [3.63, 3.8) is 0 Å². The third kappa shape index (κ3) is 2.59. The second-order valence-corrected chi connectivity index (χ2v) is 5.66. The average molecular weight is 283 g/mol. The van der Waals surface area contributed by atoms with Gasteiger partial charge in [0.05, 0.1) is 23.5 Å². The number of hydrogen-bond donors (Lipinski definition) is 1. The molecule has 0 saturated carbocycles. The van der Waals surface area contributed by atoms with Crippen LogP contribution in [-0.2, 0) is 4.79 Å². The minimum atomic E-state index is -0.751. The molecule has 1 N–H and O–H groups in total. The highest BCUT2D eigenvalue weighted by Gasteiger charge is 2.40. The number of anilines is 1. The zero-order valence-corrected chi connectivity index (χ0v) is 11.9. The van der Waals surface area contributed by atoms with E-state index >= 15 is 0 Å². The van der Waals surface area contributed by atoms with Crippen molar-refractivity contribution in [2.75, 3.05) is 18.0 Å². The Morgan fingerprint density at radius 1 is 1.24 bits per heavy atom. The Morgan fingerprint density at radius 2 is 2.00 bits per heavy atom. The van der Waals surface area contributed by atoms with Crippen LogP contribution >= 0.6 is 0 Å². The zero-order chi connectivity index (χ0) is 14.9. The van der Waals surface area contributed by atoms with Crippen LogP contribution in [0.3, 0.4) is 0 Å². The normalized spacial score (nSPS) is 21.5. The minimum Gasteiger partial charge on any atom is -0.481 e. The highest BCUT2D eigenvalue weighted by molar-refractivity contribution is 5.76. The van der Waals surface area contributed by atoms with E-state index in [0.29, 0.717) is 19.5 Å². The predicted octanol–water partition coefficient (Wildman–Crippen LogP) is 2.44. The summed E-state index contributed by atoms with van der Waals surface area (Å²) in [6.45, 7) is 2.95. The number of benzene rings is 1. The standard InChI is InChI=1S/C16H17N3O2/c1-16(15(20)21)7-8-19(11-16)14-10-17-13(9-18-14)12-5-3-2-4-6-12/h2-6,9-10H,7-8,11H2,1H3,(H,20,21). The summed E-state index contributed by atoms with van der Waals surface area (Å²) < 4.78 is 0. The minimum absolute atomic E-state index is 0.474. The number of carboxylic acid groups (broad SMARTS) is 1. The van der Waals surface area contributed by atoms with E-state index in [-0.39, 0.29) is 0 Å². The summed E-state index contributed by atoms with van der Waals surface area (Å²) in [5.74, 6) is -0.0153. The summed E-state index contributed by atoms with van der Waals surface area (Å²) in [5, 5.41) is 9.27. The highest BCUT2D eigenvalue weighted by Crippen LogP contribution is 2.32. The molecule has 5 heteroatoms. The lowest BCUT2D eigenvalue weighted by Crippen LogP contribution is -2.32. The Morgan fingerprint density at radius 3 is 2.57 bits per heavy atom. The van der Waals surface area contributed by atoms with Gasteiger partial charge in [0.2, 0.25) is 0 Å². The third-order valence-corrected chi connectivity index (χ3v) is 4.02. The molecule has 1 fully saturated rings. The lowest BCUT2D eigenvalue weighted by molar-refractivity contribution is -0.146. The molecule has 0 aliphatic carbocycles. The van der Waals surface area contributed by atoms with Crippen LogP contribution in [0.15, 0.2) is 42.7 Å². The largest absolute Gasteiger partial charge is 0.481 e. The molecule has 1 aromatic heterocycles. The maximum Gasteiger partial charge on any atom is 0.311 e. The number of aliphatic carboxylic acids is 1. The topological polar surface area (TPSA) is 66.3 Å². The molecule has 3 rings (SSSR count). The van der Waals surface area contributed by atoms with Crippen LogP contribution in [0, 0.1) is 5.41 Å².